The topological polar surface area (TPSA) is 58.1 Å². The summed E-state index contributed by atoms with van der Waals surface area (Å²) in [6, 6.07) is 9.87. The number of aromatic nitrogens is 2. The van der Waals surface area contributed by atoms with E-state index >= 15 is 0 Å². The number of anilines is 2. The summed E-state index contributed by atoms with van der Waals surface area (Å²) in [5.74, 6) is 0.942. The highest BCUT2D eigenvalue weighted by molar-refractivity contribution is 5.92. The van der Waals surface area contributed by atoms with Gasteiger partial charge in [-0.3, -0.25) is 4.79 Å². The Bertz CT molecular complexity index is 676. The minimum atomic E-state index is -0.0110. The first-order valence-corrected chi connectivity index (χ1v) is 8.13. The lowest BCUT2D eigenvalue weighted by Gasteiger charge is -2.15. The molecule has 1 aliphatic heterocycles. The minimum Gasteiger partial charge on any atom is -0.337 e. The highest BCUT2D eigenvalue weighted by Gasteiger charge is 2.20. The fourth-order valence-corrected chi connectivity index (χ4v) is 2.70. The minimum absolute atomic E-state index is 0.0110. The first-order chi connectivity index (χ1) is 11.1. The predicted octanol–water partition coefficient (Wildman–Crippen LogP) is 3.58. The molecule has 0 bridgehead atoms. The fraction of sp³-hybridized carbons (Fsp3) is 0.389. The van der Waals surface area contributed by atoms with Crippen molar-refractivity contribution in [1.29, 1.82) is 0 Å². The summed E-state index contributed by atoms with van der Waals surface area (Å²) in [4.78, 5) is 22.8. The monoisotopic (exact) mass is 310 g/mol. The van der Waals surface area contributed by atoms with Gasteiger partial charge in [0.1, 0.15) is 5.69 Å². The molecule has 0 atom stereocenters. The number of carbonyl (C=O) groups excluding carboxylic acids is 1. The smallest absolute Gasteiger partial charge is 0.272 e. The molecule has 1 fully saturated rings. The van der Waals surface area contributed by atoms with Crippen LogP contribution >= 0.6 is 0 Å². The van der Waals surface area contributed by atoms with Crippen molar-refractivity contribution < 1.29 is 4.79 Å². The zero-order chi connectivity index (χ0) is 16.2. The van der Waals surface area contributed by atoms with Gasteiger partial charge in [-0.2, -0.15) is 0 Å². The Balaban J connectivity index is 1.73. The van der Waals surface area contributed by atoms with Gasteiger partial charge in [0.15, 0.2) is 0 Å². The van der Waals surface area contributed by atoms with Crippen molar-refractivity contribution in [1.82, 2.24) is 14.9 Å². The first kappa shape index (κ1) is 15.5. The van der Waals surface area contributed by atoms with Crippen molar-refractivity contribution in [2.75, 3.05) is 18.4 Å². The van der Waals surface area contributed by atoms with Crippen molar-refractivity contribution in [2.24, 2.45) is 0 Å². The lowest BCUT2D eigenvalue weighted by molar-refractivity contribution is 0.0787. The molecule has 2 heterocycles. The second-order valence-corrected chi connectivity index (χ2v) is 6.17. The van der Waals surface area contributed by atoms with Gasteiger partial charge in [-0.05, 0) is 42.5 Å². The second-order valence-electron chi connectivity index (χ2n) is 6.17. The average Bonchev–Trinajstić information content (AvgIpc) is 3.09. The van der Waals surface area contributed by atoms with Gasteiger partial charge >= 0.3 is 0 Å². The molecular weight excluding hydrogens is 288 g/mol. The van der Waals surface area contributed by atoms with Gasteiger partial charge in [-0.15, -0.1) is 0 Å². The van der Waals surface area contributed by atoms with E-state index in [1.54, 1.807) is 12.3 Å². The summed E-state index contributed by atoms with van der Waals surface area (Å²) in [7, 11) is 0. The van der Waals surface area contributed by atoms with E-state index in [4.69, 9.17) is 0 Å². The molecule has 5 heteroatoms. The predicted molar refractivity (Wildman–Crippen MR) is 91.0 cm³/mol. The molecule has 120 valence electrons. The summed E-state index contributed by atoms with van der Waals surface area (Å²) < 4.78 is 0. The van der Waals surface area contributed by atoms with Crippen LogP contribution in [0.4, 0.5) is 11.6 Å². The summed E-state index contributed by atoms with van der Waals surface area (Å²) in [6.07, 6.45) is 3.77. The highest BCUT2D eigenvalue weighted by atomic mass is 16.2. The van der Waals surface area contributed by atoms with Crippen LogP contribution in [0.2, 0.25) is 0 Å². The number of benzene rings is 1. The molecule has 5 nitrogen and oxygen atoms in total. The van der Waals surface area contributed by atoms with Crippen LogP contribution in [0.3, 0.4) is 0 Å². The highest BCUT2D eigenvalue weighted by Crippen LogP contribution is 2.19. The van der Waals surface area contributed by atoms with Crippen LogP contribution in [0.15, 0.2) is 36.5 Å². The Morgan fingerprint density at radius 1 is 1.13 bits per heavy atom. The third kappa shape index (κ3) is 3.67. The third-order valence-electron chi connectivity index (χ3n) is 4.10. The molecule has 1 N–H and O–H groups in total. The van der Waals surface area contributed by atoms with Gasteiger partial charge < -0.3 is 10.2 Å². The van der Waals surface area contributed by atoms with Crippen LogP contribution < -0.4 is 5.32 Å². The van der Waals surface area contributed by atoms with E-state index in [1.165, 1.54) is 5.56 Å². The van der Waals surface area contributed by atoms with E-state index in [0.29, 0.717) is 17.6 Å². The summed E-state index contributed by atoms with van der Waals surface area (Å²) in [5, 5.41) is 3.16. The molecule has 1 saturated heterocycles. The number of carbonyl (C=O) groups is 1. The van der Waals surface area contributed by atoms with Gasteiger partial charge in [-0.25, -0.2) is 9.97 Å². The molecule has 23 heavy (non-hydrogen) atoms. The molecule has 0 spiro atoms. The molecular formula is C18H22N4O. The fourth-order valence-electron chi connectivity index (χ4n) is 2.70. The third-order valence-corrected chi connectivity index (χ3v) is 4.10. The molecule has 0 radical (unpaired) electrons. The van der Waals surface area contributed by atoms with E-state index in [-0.39, 0.29) is 5.91 Å². The van der Waals surface area contributed by atoms with Crippen LogP contribution in [0.25, 0.3) is 0 Å². The zero-order valence-electron chi connectivity index (χ0n) is 13.6. The SMILES string of the molecule is CC(C)c1ccc(Nc2nccc(C(=O)N3CCCC3)n2)cc1. The van der Waals surface area contributed by atoms with Gasteiger partial charge in [0.05, 0.1) is 0 Å². The normalized spacial score (nSPS) is 14.3. The molecule has 3 rings (SSSR count). The molecule has 0 unspecified atom stereocenters. The summed E-state index contributed by atoms with van der Waals surface area (Å²) in [6.45, 7) is 5.97. The number of likely N-dealkylation sites (tertiary alicyclic amines) is 1. The number of amides is 1. The van der Waals surface area contributed by atoms with Crippen molar-refractivity contribution in [3.8, 4) is 0 Å². The quantitative estimate of drug-likeness (QED) is 0.937. The first-order valence-electron chi connectivity index (χ1n) is 8.13. The Morgan fingerprint density at radius 2 is 1.83 bits per heavy atom. The lowest BCUT2D eigenvalue weighted by Crippen LogP contribution is -2.28. The summed E-state index contributed by atoms with van der Waals surface area (Å²) in [5.41, 5.74) is 2.65. The second kappa shape index (κ2) is 6.77. The number of hydrogen-bond acceptors (Lipinski definition) is 4. The van der Waals surface area contributed by atoms with E-state index < -0.39 is 0 Å². The van der Waals surface area contributed by atoms with Gasteiger partial charge in [-0.1, -0.05) is 26.0 Å². The van der Waals surface area contributed by atoms with Crippen LogP contribution in [-0.2, 0) is 0 Å². The Labute approximate surface area is 136 Å². The van der Waals surface area contributed by atoms with Crippen LogP contribution in [-0.4, -0.2) is 33.9 Å². The lowest BCUT2D eigenvalue weighted by atomic mass is 10.0. The zero-order valence-corrected chi connectivity index (χ0v) is 13.6. The number of nitrogens with zero attached hydrogens (tertiary/aromatic N) is 3. The molecule has 0 aliphatic carbocycles. The van der Waals surface area contributed by atoms with E-state index in [1.807, 2.05) is 17.0 Å². The van der Waals surface area contributed by atoms with Crippen LogP contribution in [0.5, 0.6) is 0 Å². The maximum atomic E-state index is 12.4. The van der Waals surface area contributed by atoms with Crippen molar-refractivity contribution in [3.05, 3.63) is 47.8 Å². The molecule has 1 aromatic heterocycles. The van der Waals surface area contributed by atoms with Crippen molar-refractivity contribution in [3.63, 3.8) is 0 Å². The summed E-state index contributed by atoms with van der Waals surface area (Å²) >= 11 is 0. The number of rotatable bonds is 4. The van der Waals surface area contributed by atoms with Gasteiger partial charge in [0, 0.05) is 25.0 Å². The van der Waals surface area contributed by atoms with Crippen LogP contribution in [0, 0.1) is 0 Å². The number of hydrogen-bond donors (Lipinski definition) is 1. The molecule has 1 aromatic carbocycles. The maximum absolute atomic E-state index is 12.4. The van der Waals surface area contributed by atoms with Gasteiger partial charge in [0.25, 0.3) is 5.91 Å². The Hall–Kier alpha value is -2.43. The molecule has 0 saturated carbocycles. The van der Waals surface area contributed by atoms with E-state index in [2.05, 4.69) is 41.3 Å². The maximum Gasteiger partial charge on any atom is 0.272 e. The Morgan fingerprint density at radius 3 is 2.48 bits per heavy atom. The van der Waals surface area contributed by atoms with Crippen LogP contribution in [0.1, 0.15) is 48.7 Å². The molecule has 1 amide bonds. The van der Waals surface area contributed by atoms with E-state index in [0.717, 1.165) is 31.6 Å². The van der Waals surface area contributed by atoms with Crippen molar-refractivity contribution >= 4 is 17.5 Å². The molecule has 2 aromatic rings. The molecule has 1 aliphatic rings. The van der Waals surface area contributed by atoms with Gasteiger partial charge in [0.2, 0.25) is 5.95 Å². The van der Waals surface area contributed by atoms with E-state index in [9.17, 15) is 4.79 Å². The number of nitrogens with one attached hydrogen (secondary N) is 1. The van der Waals surface area contributed by atoms with Crippen molar-refractivity contribution in [2.45, 2.75) is 32.6 Å². The largest absolute Gasteiger partial charge is 0.337 e. The Kier molecular flexibility index (Phi) is 4.55. The standard InChI is InChI=1S/C18H22N4O/c1-13(2)14-5-7-15(8-6-14)20-18-19-10-9-16(21-18)17(23)22-11-3-4-12-22/h5-10,13H,3-4,11-12H2,1-2H3,(H,19,20,21). The average molecular weight is 310 g/mol.